The molecular weight excluding hydrogens is 211 g/mol. The molecule has 0 aliphatic heterocycles. The molecule has 2 bridgehead atoms. The lowest BCUT2D eigenvalue weighted by Crippen LogP contribution is -2.65. The quantitative estimate of drug-likeness (QED) is 0.671. The van der Waals surface area contributed by atoms with Gasteiger partial charge in [0.05, 0.1) is 0 Å². The Bertz CT molecular complexity index is 405. The van der Waals surface area contributed by atoms with Gasteiger partial charge in [0.1, 0.15) is 5.82 Å². The molecule has 0 unspecified atom stereocenters. The van der Waals surface area contributed by atoms with Gasteiger partial charge < -0.3 is 0 Å². The third kappa shape index (κ3) is 1.13. The Morgan fingerprint density at radius 1 is 1.33 bits per heavy atom. The predicted octanol–water partition coefficient (Wildman–Crippen LogP) is 3.79. The monoisotopic (exact) mass is 224 g/mol. The zero-order valence-corrected chi connectivity index (χ0v) is 9.57. The van der Waals surface area contributed by atoms with Crippen molar-refractivity contribution in [2.45, 2.75) is 31.6 Å². The third-order valence-electron chi connectivity index (χ3n) is 4.12. The van der Waals surface area contributed by atoms with Crippen LogP contribution in [0, 0.1) is 18.2 Å². The van der Waals surface area contributed by atoms with E-state index in [1.165, 1.54) is 0 Å². The van der Waals surface area contributed by atoms with Gasteiger partial charge in [-0.25, -0.2) is 4.39 Å². The summed E-state index contributed by atoms with van der Waals surface area (Å²) in [5, 5.41) is 0. The van der Waals surface area contributed by atoms with Crippen molar-refractivity contribution in [3.05, 3.63) is 35.1 Å². The molecule has 0 N–H and O–H groups in total. The van der Waals surface area contributed by atoms with E-state index in [9.17, 15) is 4.39 Å². The lowest BCUT2D eigenvalue weighted by Gasteiger charge is -2.70. The smallest absolute Gasteiger partial charge is 0.126 e. The average molecular weight is 225 g/mol. The SMILES string of the molecule is Cc1ccc(F)c(C23CC(CCl)(C2)C3)c1. The minimum atomic E-state index is -0.0385. The van der Waals surface area contributed by atoms with E-state index in [0.717, 1.165) is 36.3 Å². The molecule has 0 nitrogen and oxygen atoms in total. The molecule has 0 saturated heterocycles. The first-order valence-corrected chi connectivity index (χ1v) is 5.95. The number of halogens is 2. The summed E-state index contributed by atoms with van der Waals surface area (Å²) < 4.78 is 13.7. The van der Waals surface area contributed by atoms with Crippen LogP contribution in [0.25, 0.3) is 0 Å². The van der Waals surface area contributed by atoms with E-state index >= 15 is 0 Å². The first-order chi connectivity index (χ1) is 7.09. The van der Waals surface area contributed by atoms with Crippen LogP contribution in [0.4, 0.5) is 4.39 Å². The summed E-state index contributed by atoms with van der Waals surface area (Å²) in [6.45, 7) is 2.02. The molecule has 1 aromatic carbocycles. The average Bonchev–Trinajstić information content (AvgIpc) is 2.07. The summed E-state index contributed by atoms with van der Waals surface area (Å²) in [6.07, 6.45) is 3.26. The molecule has 4 rings (SSSR count). The molecule has 3 aliphatic carbocycles. The number of hydrogen-bond donors (Lipinski definition) is 0. The molecule has 3 saturated carbocycles. The Morgan fingerprint density at radius 2 is 2.00 bits per heavy atom. The van der Waals surface area contributed by atoms with Gasteiger partial charge in [0.25, 0.3) is 0 Å². The van der Waals surface area contributed by atoms with E-state index in [4.69, 9.17) is 11.6 Å². The number of aryl methyl sites for hydroxylation is 1. The van der Waals surface area contributed by atoms with Crippen molar-refractivity contribution in [2.24, 2.45) is 5.41 Å². The highest BCUT2D eigenvalue weighted by molar-refractivity contribution is 6.18. The molecule has 3 fully saturated rings. The second kappa shape index (κ2) is 2.76. The molecule has 1 aromatic rings. The Hall–Kier alpha value is -0.560. The number of rotatable bonds is 2. The van der Waals surface area contributed by atoms with E-state index in [1.54, 1.807) is 6.07 Å². The molecule has 0 spiro atoms. The summed E-state index contributed by atoms with van der Waals surface area (Å²) in [7, 11) is 0. The van der Waals surface area contributed by atoms with Crippen molar-refractivity contribution >= 4 is 11.6 Å². The first-order valence-electron chi connectivity index (χ1n) is 5.42. The van der Waals surface area contributed by atoms with E-state index in [1.807, 2.05) is 19.1 Å². The fourth-order valence-electron chi connectivity index (χ4n) is 3.47. The van der Waals surface area contributed by atoms with Crippen molar-refractivity contribution in [1.82, 2.24) is 0 Å². The van der Waals surface area contributed by atoms with Gasteiger partial charge in [-0.2, -0.15) is 0 Å². The minimum Gasteiger partial charge on any atom is -0.207 e. The molecule has 0 heterocycles. The number of hydrogen-bond acceptors (Lipinski definition) is 0. The maximum absolute atomic E-state index is 13.7. The van der Waals surface area contributed by atoms with Gasteiger partial charge in [-0.15, -0.1) is 11.6 Å². The van der Waals surface area contributed by atoms with Crippen LogP contribution in [0.3, 0.4) is 0 Å². The summed E-state index contributed by atoms with van der Waals surface area (Å²) in [5.41, 5.74) is 2.58. The van der Waals surface area contributed by atoms with E-state index in [-0.39, 0.29) is 11.2 Å². The highest BCUT2D eigenvalue weighted by Crippen LogP contribution is 2.74. The summed E-state index contributed by atoms with van der Waals surface area (Å²) in [5.74, 6) is 0.700. The van der Waals surface area contributed by atoms with Crippen molar-refractivity contribution in [3.8, 4) is 0 Å². The fourth-order valence-corrected chi connectivity index (χ4v) is 3.75. The zero-order valence-electron chi connectivity index (χ0n) is 8.82. The standard InChI is InChI=1S/C13H14ClF/c1-9-2-3-11(15)10(4-9)13-5-12(6-13,7-13)8-14/h2-4H,5-8H2,1H3. The van der Waals surface area contributed by atoms with Gasteiger partial charge in [-0.1, -0.05) is 17.7 Å². The van der Waals surface area contributed by atoms with E-state index in [2.05, 4.69) is 0 Å². The lowest BCUT2D eigenvalue weighted by atomic mass is 9.34. The number of benzene rings is 1. The first kappa shape index (κ1) is 9.65. The highest BCUT2D eigenvalue weighted by Gasteiger charge is 2.68. The topological polar surface area (TPSA) is 0 Å². The van der Waals surface area contributed by atoms with Gasteiger partial charge in [0, 0.05) is 5.88 Å². The van der Waals surface area contributed by atoms with Gasteiger partial charge >= 0.3 is 0 Å². The molecule has 0 radical (unpaired) electrons. The molecule has 0 atom stereocenters. The summed E-state index contributed by atoms with van der Waals surface area (Å²) >= 11 is 5.91. The Morgan fingerprint density at radius 3 is 2.60 bits per heavy atom. The normalized spacial score (nSPS) is 37.0. The van der Waals surface area contributed by atoms with Gasteiger partial charge in [0.2, 0.25) is 0 Å². The van der Waals surface area contributed by atoms with Crippen LogP contribution in [-0.4, -0.2) is 5.88 Å². The van der Waals surface area contributed by atoms with Crippen LogP contribution in [-0.2, 0) is 5.41 Å². The second-order valence-corrected chi connectivity index (χ2v) is 5.69. The van der Waals surface area contributed by atoms with Crippen molar-refractivity contribution < 1.29 is 4.39 Å². The van der Waals surface area contributed by atoms with E-state index < -0.39 is 0 Å². The van der Waals surface area contributed by atoms with Crippen LogP contribution in [0.2, 0.25) is 0 Å². The molecule has 2 heteroatoms. The fraction of sp³-hybridized carbons (Fsp3) is 0.538. The maximum Gasteiger partial charge on any atom is 0.126 e. The highest BCUT2D eigenvalue weighted by atomic mass is 35.5. The largest absolute Gasteiger partial charge is 0.207 e. The van der Waals surface area contributed by atoms with E-state index in [0.29, 0.717) is 5.41 Å². The van der Waals surface area contributed by atoms with Gasteiger partial charge in [-0.05, 0) is 48.6 Å². The Balaban J connectivity index is 1.93. The molecule has 0 aromatic heterocycles. The van der Waals surface area contributed by atoms with Crippen molar-refractivity contribution in [1.29, 1.82) is 0 Å². The summed E-state index contributed by atoms with van der Waals surface area (Å²) in [4.78, 5) is 0. The third-order valence-corrected chi connectivity index (χ3v) is 4.68. The van der Waals surface area contributed by atoms with Crippen LogP contribution in [0.5, 0.6) is 0 Å². The van der Waals surface area contributed by atoms with Crippen molar-refractivity contribution in [2.75, 3.05) is 5.88 Å². The van der Waals surface area contributed by atoms with Crippen molar-refractivity contribution in [3.63, 3.8) is 0 Å². The molecule has 80 valence electrons. The minimum absolute atomic E-state index is 0.0385. The molecule has 15 heavy (non-hydrogen) atoms. The summed E-state index contributed by atoms with van der Waals surface area (Å²) in [6, 6.07) is 5.44. The molecule has 0 amide bonds. The zero-order chi connectivity index (χ0) is 10.7. The van der Waals surface area contributed by atoms with Gasteiger partial charge in [0.15, 0.2) is 0 Å². The number of alkyl halides is 1. The molecular formula is C13H14ClF. The Kier molecular flexibility index (Phi) is 1.78. The van der Waals surface area contributed by atoms with Crippen LogP contribution in [0.15, 0.2) is 18.2 Å². The van der Waals surface area contributed by atoms with Crippen LogP contribution in [0.1, 0.15) is 30.4 Å². The van der Waals surface area contributed by atoms with Crippen LogP contribution >= 0.6 is 11.6 Å². The molecule has 3 aliphatic rings. The maximum atomic E-state index is 13.7. The van der Waals surface area contributed by atoms with Gasteiger partial charge in [-0.3, -0.25) is 0 Å². The lowest BCUT2D eigenvalue weighted by molar-refractivity contribution is -0.124. The second-order valence-electron chi connectivity index (χ2n) is 5.43. The van der Waals surface area contributed by atoms with Crippen LogP contribution < -0.4 is 0 Å². The predicted molar refractivity (Wildman–Crippen MR) is 59.8 cm³/mol. The Labute approximate surface area is 94.4 Å².